The van der Waals surface area contributed by atoms with Gasteiger partial charge in [-0.15, -0.1) is 0 Å². The van der Waals surface area contributed by atoms with Gasteiger partial charge in [-0.3, -0.25) is 0 Å². The minimum atomic E-state index is -0.264. The molecule has 0 radical (unpaired) electrons. The van der Waals surface area contributed by atoms with Crippen LogP contribution in [0.1, 0.15) is 70.3 Å². The number of anilines is 1. The maximum Gasteiger partial charge on any atom is 0.133 e. The van der Waals surface area contributed by atoms with E-state index in [1.165, 1.54) is 0 Å². The maximum atomic E-state index is 10.4. The summed E-state index contributed by atoms with van der Waals surface area (Å²) >= 11 is 0. The summed E-state index contributed by atoms with van der Waals surface area (Å²) in [7, 11) is 0. The molecule has 0 spiro atoms. The summed E-state index contributed by atoms with van der Waals surface area (Å²) in [5.41, 5.74) is 1.11. The first-order valence-electron chi connectivity index (χ1n) is 9.38. The van der Waals surface area contributed by atoms with E-state index < -0.39 is 0 Å². The highest BCUT2D eigenvalue weighted by Gasteiger charge is 2.38. The van der Waals surface area contributed by atoms with Crippen LogP contribution in [-0.2, 0) is 4.74 Å². The Morgan fingerprint density at radius 2 is 1.96 bits per heavy atom. The smallest absolute Gasteiger partial charge is 0.133 e. The minimum absolute atomic E-state index is 0.182. The van der Waals surface area contributed by atoms with Gasteiger partial charge < -0.3 is 14.7 Å². The van der Waals surface area contributed by atoms with E-state index in [0.717, 1.165) is 43.1 Å². The molecule has 0 saturated carbocycles. The topological polar surface area (TPSA) is 58.5 Å². The lowest BCUT2D eigenvalue weighted by Crippen LogP contribution is -2.46. The molecular weight excluding hydrogens is 302 g/mol. The van der Waals surface area contributed by atoms with E-state index in [1.807, 2.05) is 0 Å². The third kappa shape index (κ3) is 3.57. The van der Waals surface area contributed by atoms with Crippen LogP contribution in [0.4, 0.5) is 5.82 Å². The lowest BCUT2D eigenvalue weighted by Gasteiger charge is -2.37. The van der Waals surface area contributed by atoms with Crippen LogP contribution >= 0.6 is 0 Å². The highest BCUT2D eigenvalue weighted by molar-refractivity contribution is 5.44. The molecule has 1 N–H and O–H groups in total. The molecule has 0 aliphatic carbocycles. The zero-order chi connectivity index (χ0) is 17.3. The van der Waals surface area contributed by atoms with Crippen molar-refractivity contribution in [1.82, 2.24) is 9.97 Å². The molecule has 3 atom stereocenters. The van der Waals surface area contributed by atoms with Crippen molar-refractivity contribution in [1.29, 1.82) is 0 Å². The van der Waals surface area contributed by atoms with Crippen molar-refractivity contribution >= 4 is 5.82 Å². The summed E-state index contributed by atoms with van der Waals surface area (Å²) in [6.45, 7) is 11.0. The molecule has 5 heteroatoms. The quantitative estimate of drug-likeness (QED) is 0.917. The van der Waals surface area contributed by atoms with Gasteiger partial charge in [-0.05, 0) is 25.2 Å². The van der Waals surface area contributed by atoms with Crippen molar-refractivity contribution in [2.24, 2.45) is 5.92 Å². The minimum Gasteiger partial charge on any atom is -0.393 e. The summed E-state index contributed by atoms with van der Waals surface area (Å²) in [5.74, 6) is 2.82. The number of aromatic nitrogens is 2. The van der Waals surface area contributed by atoms with Crippen molar-refractivity contribution in [2.75, 3.05) is 24.7 Å². The molecule has 24 heavy (non-hydrogen) atoms. The lowest BCUT2D eigenvalue weighted by molar-refractivity contribution is -0.0438. The molecule has 0 amide bonds. The first kappa shape index (κ1) is 17.6. The first-order chi connectivity index (χ1) is 11.5. The van der Waals surface area contributed by atoms with Gasteiger partial charge in [0.2, 0.25) is 0 Å². The summed E-state index contributed by atoms with van der Waals surface area (Å²) < 4.78 is 5.65. The Bertz CT molecular complexity index is 535. The number of ether oxygens (including phenoxy) is 1. The van der Waals surface area contributed by atoms with Gasteiger partial charge in [0, 0.05) is 42.8 Å². The van der Waals surface area contributed by atoms with Gasteiger partial charge in [-0.1, -0.05) is 27.7 Å². The fraction of sp³-hybridized carbons (Fsp3) is 0.789. The van der Waals surface area contributed by atoms with Crippen molar-refractivity contribution in [3.63, 3.8) is 0 Å². The molecule has 3 heterocycles. The molecule has 2 saturated heterocycles. The predicted octanol–water partition coefficient (Wildman–Crippen LogP) is 3.09. The standard InChI is InChI=1S/C19H31N3O2/c1-12(2)15-10-18(21-19(20-15)13(3)4)22-8-5-6-16(22)14-11-24-9-7-17(14)23/h10,12-14,16-17,23H,5-9,11H2,1-4H3/t14-,16-,17+/m1/s1. The Balaban J connectivity index is 1.91. The Labute approximate surface area is 145 Å². The van der Waals surface area contributed by atoms with Crippen LogP contribution < -0.4 is 4.90 Å². The van der Waals surface area contributed by atoms with Gasteiger partial charge in [0.15, 0.2) is 0 Å². The van der Waals surface area contributed by atoms with Gasteiger partial charge in [-0.25, -0.2) is 9.97 Å². The number of rotatable bonds is 4. The molecule has 0 aromatic carbocycles. The van der Waals surface area contributed by atoms with Crippen LogP contribution in [0.3, 0.4) is 0 Å². The zero-order valence-electron chi connectivity index (χ0n) is 15.4. The van der Waals surface area contributed by atoms with Crippen LogP contribution in [0.15, 0.2) is 6.07 Å². The lowest BCUT2D eigenvalue weighted by atomic mass is 9.89. The molecule has 0 unspecified atom stereocenters. The Morgan fingerprint density at radius 3 is 2.62 bits per heavy atom. The van der Waals surface area contributed by atoms with Crippen molar-refractivity contribution in [3.8, 4) is 0 Å². The molecule has 3 rings (SSSR count). The Morgan fingerprint density at radius 1 is 1.17 bits per heavy atom. The molecular formula is C19H31N3O2. The van der Waals surface area contributed by atoms with Crippen LogP contribution in [0.2, 0.25) is 0 Å². The van der Waals surface area contributed by atoms with Gasteiger partial charge in [0.1, 0.15) is 11.6 Å². The molecule has 1 aromatic heterocycles. The average Bonchev–Trinajstić information content (AvgIpc) is 3.04. The number of hydrogen-bond acceptors (Lipinski definition) is 5. The van der Waals surface area contributed by atoms with Crippen LogP contribution in [0.25, 0.3) is 0 Å². The van der Waals surface area contributed by atoms with Gasteiger partial charge in [0.25, 0.3) is 0 Å². The second kappa shape index (κ2) is 7.36. The van der Waals surface area contributed by atoms with E-state index in [4.69, 9.17) is 14.7 Å². The third-order valence-electron chi connectivity index (χ3n) is 5.31. The van der Waals surface area contributed by atoms with E-state index in [-0.39, 0.29) is 12.0 Å². The fourth-order valence-corrected chi connectivity index (χ4v) is 3.81. The Kier molecular flexibility index (Phi) is 5.40. The first-order valence-corrected chi connectivity index (χ1v) is 9.38. The number of hydrogen-bond donors (Lipinski definition) is 1. The van der Waals surface area contributed by atoms with Crippen molar-refractivity contribution in [3.05, 3.63) is 17.6 Å². The summed E-state index contributed by atoms with van der Waals surface area (Å²) in [6.07, 6.45) is 2.72. The van der Waals surface area contributed by atoms with Gasteiger partial charge in [-0.2, -0.15) is 0 Å². The van der Waals surface area contributed by atoms with Gasteiger partial charge >= 0.3 is 0 Å². The molecule has 2 fully saturated rings. The SMILES string of the molecule is CC(C)c1cc(N2CCC[C@@H]2[C@H]2COCC[C@@H]2O)nc(C(C)C)n1. The number of aliphatic hydroxyl groups is 1. The summed E-state index contributed by atoms with van der Waals surface area (Å²) in [5, 5.41) is 10.4. The molecule has 1 aromatic rings. The molecule has 0 bridgehead atoms. The maximum absolute atomic E-state index is 10.4. The van der Waals surface area contributed by atoms with Crippen LogP contribution in [0, 0.1) is 5.92 Å². The highest BCUT2D eigenvalue weighted by Crippen LogP contribution is 2.34. The molecule has 5 nitrogen and oxygen atoms in total. The van der Waals surface area contributed by atoms with Crippen LogP contribution in [0.5, 0.6) is 0 Å². The number of aliphatic hydroxyl groups excluding tert-OH is 1. The Hall–Kier alpha value is -1.20. The number of nitrogens with zero attached hydrogens (tertiary/aromatic N) is 3. The van der Waals surface area contributed by atoms with Crippen molar-refractivity contribution in [2.45, 2.75) is 70.9 Å². The zero-order valence-corrected chi connectivity index (χ0v) is 15.4. The average molecular weight is 333 g/mol. The monoisotopic (exact) mass is 333 g/mol. The van der Waals surface area contributed by atoms with E-state index in [2.05, 4.69) is 38.7 Å². The van der Waals surface area contributed by atoms with E-state index in [1.54, 1.807) is 0 Å². The van der Waals surface area contributed by atoms with E-state index in [0.29, 0.717) is 31.1 Å². The van der Waals surface area contributed by atoms with E-state index in [9.17, 15) is 5.11 Å². The highest BCUT2D eigenvalue weighted by atomic mass is 16.5. The largest absolute Gasteiger partial charge is 0.393 e. The van der Waals surface area contributed by atoms with E-state index >= 15 is 0 Å². The second-order valence-electron chi connectivity index (χ2n) is 7.82. The third-order valence-corrected chi connectivity index (χ3v) is 5.31. The predicted molar refractivity (Wildman–Crippen MR) is 95.5 cm³/mol. The van der Waals surface area contributed by atoms with Crippen LogP contribution in [-0.4, -0.2) is 47.0 Å². The van der Waals surface area contributed by atoms with Crippen molar-refractivity contribution < 1.29 is 9.84 Å². The van der Waals surface area contributed by atoms with Gasteiger partial charge in [0.05, 0.1) is 12.7 Å². The second-order valence-corrected chi connectivity index (χ2v) is 7.82. The summed E-state index contributed by atoms with van der Waals surface area (Å²) in [4.78, 5) is 12.0. The molecule has 2 aliphatic heterocycles. The summed E-state index contributed by atoms with van der Waals surface area (Å²) in [6, 6.07) is 2.46. The normalized spacial score (nSPS) is 28.1. The molecule has 134 valence electrons. The molecule has 2 aliphatic rings. The fourth-order valence-electron chi connectivity index (χ4n) is 3.81.